The summed E-state index contributed by atoms with van der Waals surface area (Å²) in [5.74, 6) is 0.450. The second-order valence-corrected chi connectivity index (χ2v) is 6.49. The molecule has 100 valence electrons. The van der Waals surface area contributed by atoms with Gasteiger partial charge in [-0.15, -0.1) is 10.2 Å². The van der Waals surface area contributed by atoms with Gasteiger partial charge in [0.1, 0.15) is 10.8 Å². The first-order valence-corrected chi connectivity index (χ1v) is 7.87. The van der Waals surface area contributed by atoms with Gasteiger partial charge >= 0.3 is 0 Å². The molecule has 0 fully saturated rings. The van der Waals surface area contributed by atoms with Crippen molar-refractivity contribution in [3.8, 4) is 0 Å². The van der Waals surface area contributed by atoms with E-state index < -0.39 is 4.92 Å². The van der Waals surface area contributed by atoms with Crippen LogP contribution in [0.2, 0.25) is 0 Å². The van der Waals surface area contributed by atoms with Gasteiger partial charge in [0.2, 0.25) is 0 Å². The summed E-state index contributed by atoms with van der Waals surface area (Å²) < 4.78 is 1.56. The van der Waals surface area contributed by atoms with Crippen LogP contribution in [-0.2, 0) is 0 Å². The monoisotopic (exact) mass is 315 g/mol. The van der Waals surface area contributed by atoms with E-state index in [1.54, 1.807) is 7.05 Å². The summed E-state index contributed by atoms with van der Waals surface area (Å²) in [6.45, 7) is 0. The Labute approximate surface area is 121 Å². The number of hydrogen-bond donors (Lipinski definition) is 1. The van der Waals surface area contributed by atoms with Crippen LogP contribution in [0.15, 0.2) is 25.8 Å². The van der Waals surface area contributed by atoms with Crippen LogP contribution in [0.4, 0.5) is 11.5 Å². The summed E-state index contributed by atoms with van der Waals surface area (Å²) in [6, 6.07) is 2.81. The van der Waals surface area contributed by atoms with Crippen molar-refractivity contribution in [3.63, 3.8) is 0 Å². The highest BCUT2D eigenvalue weighted by Gasteiger charge is 2.13. The van der Waals surface area contributed by atoms with E-state index in [1.807, 2.05) is 6.26 Å². The Bertz CT molecular complexity index is 603. The topological polar surface area (TPSA) is 93.8 Å². The van der Waals surface area contributed by atoms with Crippen LogP contribution in [0.5, 0.6) is 0 Å². The lowest BCUT2D eigenvalue weighted by Crippen LogP contribution is -1.96. The van der Waals surface area contributed by atoms with Gasteiger partial charge in [-0.2, -0.15) is 0 Å². The van der Waals surface area contributed by atoms with Crippen molar-refractivity contribution in [3.05, 3.63) is 22.2 Å². The molecule has 19 heavy (non-hydrogen) atoms. The molecule has 0 bridgehead atoms. The summed E-state index contributed by atoms with van der Waals surface area (Å²) in [4.78, 5) is 14.6. The van der Waals surface area contributed by atoms with Gasteiger partial charge in [0, 0.05) is 13.1 Å². The van der Waals surface area contributed by atoms with Gasteiger partial charge in [-0.1, -0.05) is 23.1 Å². The molecule has 2 rings (SSSR count). The average molecular weight is 315 g/mol. The molecule has 0 radical (unpaired) electrons. The fourth-order valence-electron chi connectivity index (χ4n) is 1.19. The Morgan fingerprint density at radius 3 is 2.68 bits per heavy atom. The quantitative estimate of drug-likeness (QED) is 0.511. The van der Waals surface area contributed by atoms with Gasteiger partial charge in [-0.3, -0.25) is 10.1 Å². The minimum absolute atomic E-state index is 0.00328. The molecule has 2 aromatic heterocycles. The first-order chi connectivity index (χ1) is 9.12. The van der Waals surface area contributed by atoms with Crippen molar-refractivity contribution < 1.29 is 4.92 Å². The molecule has 0 aliphatic heterocycles. The number of nitrogens with one attached hydrogen (secondary N) is 1. The molecule has 0 atom stereocenters. The molecule has 2 aromatic rings. The third-order valence-corrected chi connectivity index (χ3v) is 4.88. The molecule has 0 saturated carbocycles. The maximum absolute atomic E-state index is 10.8. The van der Waals surface area contributed by atoms with Crippen molar-refractivity contribution in [1.29, 1.82) is 0 Å². The summed E-state index contributed by atoms with van der Waals surface area (Å²) in [6.07, 6.45) is 1.92. The third-order valence-electron chi connectivity index (χ3n) is 2.01. The molecule has 0 aromatic carbocycles. The highest BCUT2D eigenvalue weighted by molar-refractivity contribution is 8.02. The Hall–Kier alpha value is -1.39. The number of rotatable bonds is 5. The summed E-state index contributed by atoms with van der Waals surface area (Å²) in [7, 11) is 1.66. The van der Waals surface area contributed by atoms with Crippen molar-refractivity contribution >= 4 is 46.4 Å². The smallest absolute Gasteiger partial charge is 0.275 e. The van der Waals surface area contributed by atoms with Gasteiger partial charge in [-0.05, 0) is 18.0 Å². The second kappa shape index (κ2) is 6.17. The molecule has 7 nitrogen and oxygen atoms in total. The van der Waals surface area contributed by atoms with Crippen molar-refractivity contribution in [1.82, 2.24) is 15.2 Å². The number of aromatic nitrogens is 3. The summed E-state index contributed by atoms with van der Waals surface area (Å²) in [5, 5.41) is 22.1. The molecule has 0 unspecified atom stereocenters. The van der Waals surface area contributed by atoms with Crippen LogP contribution in [0, 0.1) is 10.1 Å². The molecule has 0 amide bonds. The van der Waals surface area contributed by atoms with Gasteiger partial charge in [-0.25, -0.2) is 4.98 Å². The van der Waals surface area contributed by atoms with Crippen LogP contribution >= 0.6 is 34.9 Å². The molecule has 0 spiro atoms. The van der Waals surface area contributed by atoms with E-state index in [-0.39, 0.29) is 5.69 Å². The highest BCUT2D eigenvalue weighted by atomic mass is 32.2. The van der Waals surface area contributed by atoms with Crippen molar-refractivity contribution in [2.45, 2.75) is 13.7 Å². The van der Waals surface area contributed by atoms with E-state index in [0.29, 0.717) is 15.2 Å². The number of pyridine rings is 1. The SMILES string of the molecule is CNc1cc([N+](=O)[O-])cc(Sc2nnc(SC)s2)n1. The second-order valence-electron chi connectivity index (χ2n) is 3.20. The zero-order valence-corrected chi connectivity index (χ0v) is 12.4. The normalized spacial score (nSPS) is 10.4. The van der Waals surface area contributed by atoms with Gasteiger partial charge in [0.25, 0.3) is 5.69 Å². The molecule has 0 aliphatic carbocycles. The number of anilines is 1. The maximum Gasteiger partial charge on any atom is 0.275 e. The Kier molecular flexibility index (Phi) is 4.56. The van der Waals surface area contributed by atoms with E-state index in [0.717, 1.165) is 4.34 Å². The van der Waals surface area contributed by atoms with E-state index in [9.17, 15) is 10.1 Å². The minimum atomic E-state index is -0.444. The molecule has 2 heterocycles. The van der Waals surface area contributed by atoms with Crippen molar-refractivity contribution in [2.75, 3.05) is 18.6 Å². The Morgan fingerprint density at radius 1 is 1.37 bits per heavy atom. The van der Waals surface area contributed by atoms with Gasteiger partial charge in [0.05, 0.1) is 11.0 Å². The highest BCUT2D eigenvalue weighted by Crippen LogP contribution is 2.33. The van der Waals surface area contributed by atoms with E-state index in [1.165, 1.54) is 47.0 Å². The molecule has 10 heteroatoms. The minimum Gasteiger partial charge on any atom is -0.373 e. The first kappa shape index (κ1) is 14.0. The number of thioether (sulfide) groups is 1. The van der Waals surface area contributed by atoms with Crippen LogP contribution in [-0.4, -0.2) is 33.4 Å². The lowest BCUT2D eigenvalue weighted by molar-refractivity contribution is -0.385. The fourth-order valence-corrected chi connectivity index (χ4v) is 3.60. The van der Waals surface area contributed by atoms with E-state index in [4.69, 9.17) is 0 Å². The molecule has 0 aliphatic rings. The number of nitro groups is 1. The molecule has 0 saturated heterocycles. The molecular weight excluding hydrogens is 306 g/mol. The van der Waals surface area contributed by atoms with Crippen LogP contribution < -0.4 is 5.32 Å². The summed E-state index contributed by atoms with van der Waals surface area (Å²) >= 11 is 4.20. The largest absolute Gasteiger partial charge is 0.373 e. The number of nitrogens with zero attached hydrogens (tertiary/aromatic N) is 4. The third kappa shape index (κ3) is 3.55. The van der Waals surface area contributed by atoms with Crippen LogP contribution in [0.1, 0.15) is 0 Å². The number of hydrogen-bond acceptors (Lipinski definition) is 9. The first-order valence-electron chi connectivity index (χ1n) is 5.02. The average Bonchev–Trinajstić information content (AvgIpc) is 2.85. The molecular formula is C9H9N5O2S3. The fraction of sp³-hybridized carbons (Fsp3) is 0.222. The lowest BCUT2D eigenvalue weighted by Gasteiger charge is -2.02. The van der Waals surface area contributed by atoms with Gasteiger partial charge < -0.3 is 5.32 Å². The predicted molar refractivity (Wildman–Crippen MR) is 76.3 cm³/mol. The van der Waals surface area contributed by atoms with Gasteiger partial charge in [0.15, 0.2) is 8.68 Å². The van der Waals surface area contributed by atoms with Crippen molar-refractivity contribution in [2.24, 2.45) is 0 Å². The van der Waals surface area contributed by atoms with E-state index in [2.05, 4.69) is 20.5 Å². The standard InChI is InChI=1S/C9H9N5O2S3/c1-10-6-3-5(14(15)16)4-7(11-6)18-9-13-12-8(17-2)19-9/h3-4H,1-2H3,(H,10,11). The lowest BCUT2D eigenvalue weighted by atomic mass is 10.4. The summed E-state index contributed by atoms with van der Waals surface area (Å²) in [5.41, 5.74) is -0.00328. The Morgan fingerprint density at radius 2 is 2.11 bits per heavy atom. The Balaban J connectivity index is 2.28. The van der Waals surface area contributed by atoms with Crippen LogP contribution in [0.3, 0.4) is 0 Å². The zero-order chi connectivity index (χ0) is 13.8. The zero-order valence-electron chi connectivity index (χ0n) is 9.98. The maximum atomic E-state index is 10.8. The molecule has 1 N–H and O–H groups in total. The van der Waals surface area contributed by atoms with E-state index >= 15 is 0 Å². The predicted octanol–water partition coefficient (Wildman–Crippen LogP) is 2.76. The van der Waals surface area contributed by atoms with Crippen LogP contribution in [0.25, 0.3) is 0 Å².